The van der Waals surface area contributed by atoms with Crippen LogP contribution in [-0.2, 0) is 11.3 Å². The minimum Gasteiger partial charge on any atom is -0.492 e. The number of aliphatic carboxylic acids is 1. The summed E-state index contributed by atoms with van der Waals surface area (Å²) in [6.07, 6.45) is 3.70. The number of carboxylic acid groups (broad SMARTS) is 1. The first-order valence-electron chi connectivity index (χ1n) is 8.98. The van der Waals surface area contributed by atoms with Gasteiger partial charge in [0.1, 0.15) is 23.6 Å². The number of hydrogen-bond acceptors (Lipinski definition) is 5. The first kappa shape index (κ1) is 17.0. The largest absolute Gasteiger partial charge is 0.492 e. The van der Waals surface area contributed by atoms with E-state index in [9.17, 15) is 9.90 Å². The Morgan fingerprint density at radius 1 is 1.35 bits per heavy atom. The molecule has 0 amide bonds. The molecule has 0 spiro atoms. The third kappa shape index (κ3) is 2.74. The molecule has 1 fully saturated rings. The second kappa shape index (κ2) is 6.36. The summed E-state index contributed by atoms with van der Waals surface area (Å²) in [4.78, 5) is 23.2. The number of aromatic nitrogens is 2. The van der Waals surface area contributed by atoms with Crippen LogP contribution in [0.3, 0.4) is 0 Å². The number of nitrogens with zero attached hydrogens (tertiary/aromatic N) is 3. The number of carboxylic acids is 1. The van der Waals surface area contributed by atoms with E-state index in [0.29, 0.717) is 25.6 Å². The van der Waals surface area contributed by atoms with Gasteiger partial charge in [-0.3, -0.25) is 9.69 Å². The van der Waals surface area contributed by atoms with Crippen molar-refractivity contribution < 1.29 is 14.6 Å². The Balaban J connectivity index is 1.59. The van der Waals surface area contributed by atoms with Crippen LogP contribution < -0.4 is 4.74 Å². The Labute approximate surface area is 152 Å². The molecule has 1 aromatic carbocycles. The van der Waals surface area contributed by atoms with E-state index in [0.717, 1.165) is 22.7 Å². The van der Waals surface area contributed by atoms with E-state index in [-0.39, 0.29) is 12.5 Å². The zero-order chi connectivity index (χ0) is 18.3. The molecule has 6 heteroatoms. The molecular weight excluding hydrogens is 330 g/mol. The van der Waals surface area contributed by atoms with Gasteiger partial charge >= 0.3 is 5.97 Å². The molecule has 1 N–H and O–H groups in total. The van der Waals surface area contributed by atoms with Crippen molar-refractivity contribution in [3.63, 3.8) is 0 Å². The van der Waals surface area contributed by atoms with E-state index in [2.05, 4.69) is 28.7 Å². The van der Waals surface area contributed by atoms with Crippen LogP contribution in [-0.4, -0.2) is 45.6 Å². The van der Waals surface area contributed by atoms with E-state index in [4.69, 9.17) is 4.74 Å². The summed E-state index contributed by atoms with van der Waals surface area (Å²) in [6, 6.07) is 7.78. The summed E-state index contributed by atoms with van der Waals surface area (Å²) in [5, 5.41) is 9.97. The Kier molecular flexibility index (Phi) is 4.15. The smallest absolute Gasteiger partial charge is 0.315 e. The molecule has 1 saturated heterocycles. The number of hydrogen-bond donors (Lipinski definition) is 1. The topological polar surface area (TPSA) is 75.6 Å². The van der Waals surface area contributed by atoms with Crippen LogP contribution >= 0.6 is 0 Å². The highest BCUT2D eigenvalue weighted by Crippen LogP contribution is 2.49. The number of para-hydroxylation sites is 1. The first-order chi connectivity index (χ1) is 12.5. The molecule has 0 bridgehead atoms. The molecule has 2 aliphatic heterocycles. The van der Waals surface area contributed by atoms with Gasteiger partial charge in [-0.1, -0.05) is 32.0 Å². The number of benzene rings is 1. The second-order valence-corrected chi connectivity index (χ2v) is 7.61. The van der Waals surface area contributed by atoms with Crippen molar-refractivity contribution in [2.24, 2.45) is 5.41 Å². The average molecular weight is 353 g/mol. The summed E-state index contributed by atoms with van der Waals surface area (Å²) < 4.78 is 5.81. The Morgan fingerprint density at radius 2 is 2.08 bits per heavy atom. The van der Waals surface area contributed by atoms with Gasteiger partial charge in [-0.2, -0.15) is 0 Å². The lowest BCUT2D eigenvalue weighted by Gasteiger charge is -2.35. The molecule has 2 atom stereocenters. The second-order valence-electron chi connectivity index (χ2n) is 7.61. The van der Waals surface area contributed by atoms with Gasteiger partial charge < -0.3 is 9.84 Å². The quantitative estimate of drug-likeness (QED) is 0.911. The van der Waals surface area contributed by atoms with Crippen molar-refractivity contribution >= 4 is 5.97 Å². The van der Waals surface area contributed by atoms with Gasteiger partial charge in [-0.05, 0) is 11.6 Å². The maximum atomic E-state index is 12.2. The van der Waals surface area contributed by atoms with Crippen molar-refractivity contribution in [3.8, 4) is 5.75 Å². The van der Waals surface area contributed by atoms with Crippen LogP contribution in [0.1, 0.15) is 42.6 Å². The third-order valence-corrected chi connectivity index (χ3v) is 5.47. The van der Waals surface area contributed by atoms with E-state index in [1.54, 1.807) is 0 Å². The number of fused-ring (bicyclic) bond motifs is 3. The standard InChI is InChI=1S/C20H23N3O3/c1-13(2)18-21-7-14(8-22-18)9-23-10-16-15-5-3-4-6-17(15)26-12-20(16,11-23)19(24)25/h3-8,13,16H,9-12H2,1-2H3,(H,24,25)/t16-,20-/m1/s1. The van der Waals surface area contributed by atoms with E-state index in [1.165, 1.54) is 0 Å². The Bertz CT molecular complexity index is 821. The highest BCUT2D eigenvalue weighted by molar-refractivity contribution is 5.78. The van der Waals surface area contributed by atoms with E-state index in [1.807, 2.05) is 36.7 Å². The summed E-state index contributed by atoms with van der Waals surface area (Å²) >= 11 is 0. The Hall–Kier alpha value is -2.47. The minimum atomic E-state index is -0.896. The lowest BCUT2D eigenvalue weighted by molar-refractivity contribution is -0.151. The Morgan fingerprint density at radius 3 is 2.77 bits per heavy atom. The summed E-state index contributed by atoms with van der Waals surface area (Å²) in [7, 11) is 0. The summed E-state index contributed by atoms with van der Waals surface area (Å²) in [6.45, 7) is 6.14. The predicted molar refractivity (Wildman–Crippen MR) is 96.1 cm³/mol. The molecule has 1 aromatic heterocycles. The van der Waals surface area contributed by atoms with Gasteiger partial charge in [-0.25, -0.2) is 9.97 Å². The lowest BCUT2D eigenvalue weighted by Crippen LogP contribution is -2.45. The summed E-state index contributed by atoms with van der Waals surface area (Å²) in [5.74, 6) is 1.07. The molecule has 0 aliphatic carbocycles. The van der Waals surface area contributed by atoms with Crippen molar-refractivity contribution in [2.75, 3.05) is 19.7 Å². The van der Waals surface area contributed by atoms with Crippen molar-refractivity contribution in [2.45, 2.75) is 32.2 Å². The van der Waals surface area contributed by atoms with Gasteiger partial charge in [0, 0.05) is 49.4 Å². The molecule has 26 heavy (non-hydrogen) atoms. The normalized spacial score (nSPS) is 24.8. The minimum absolute atomic E-state index is 0.0687. The van der Waals surface area contributed by atoms with Crippen LogP contribution in [0, 0.1) is 5.41 Å². The predicted octanol–water partition coefficient (Wildman–Crippen LogP) is 2.66. The highest BCUT2D eigenvalue weighted by atomic mass is 16.5. The number of likely N-dealkylation sites (tertiary alicyclic amines) is 1. The van der Waals surface area contributed by atoms with Crippen molar-refractivity contribution in [3.05, 3.63) is 53.6 Å². The van der Waals surface area contributed by atoms with Gasteiger partial charge in [0.2, 0.25) is 0 Å². The third-order valence-electron chi connectivity index (χ3n) is 5.47. The van der Waals surface area contributed by atoms with Gasteiger partial charge in [0.05, 0.1) is 0 Å². The molecule has 3 heterocycles. The van der Waals surface area contributed by atoms with Crippen LogP contribution in [0.15, 0.2) is 36.7 Å². The maximum absolute atomic E-state index is 12.2. The van der Waals surface area contributed by atoms with Crippen LogP contribution in [0.2, 0.25) is 0 Å². The highest BCUT2D eigenvalue weighted by Gasteiger charge is 2.56. The fourth-order valence-electron chi connectivity index (χ4n) is 4.06. The first-order valence-corrected chi connectivity index (χ1v) is 8.98. The van der Waals surface area contributed by atoms with Crippen molar-refractivity contribution in [1.82, 2.24) is 14.9 Å². The van der Waals surface area contributed by atoms with Gasteiger partial charge in [0.25, 0.3) is 0 Å². The van der Waals surface area contributed by atoms with Crippen LogP contribution in [0.4, 0.5) is 0 Å². The fraction of sp³-hybridized carbons (Fsp3) is 0.450. The zero-order valence-electron chi connectivity index (χ0n) is 15.1. The van der Waals surface area contributed by atoms with Crippen molar-refractivity contribution in [1.29, 1.82) is 0 Å². The van der Waals surface area contributed by atoms with E-state index < -0.39 is 11.4 Å². The molecule has 136 valence electrons. The number of rotatable bonds is 4. The molecule has 0 saturated carbocycles. The zero-order valence-corrected chi connectivity index (χ0v) is 15.1. The molecule has 2 aliphatic rings. The molecule has 2 aromatic rings. The van der Waals surface area contributed by atoms with Gasteiger partial charge in [-0.15, -0.1) is 0 Å². The number of ether oxygens (including phenoxy) is 1. The molecule has 0 unspecified atom stereocenters. The van der Waals surface area contributed by atoms with Crippen LogP contribution in [0.25, 0.3) is 0 Å². The van der Waals surface area contributed by atoms with Gasteiger partial charge in [0.15, 0.2) is 0 Å². The average Bonchev–Trinajstić information content (AvgIpc) is 3.02. The molecule has 6 nitrogen and oxygen atoms in total. The molecule has 0 radical (unpaired) electrons. The number of carbonyl (C=O) groups is 1. The summed E-state index contributed by atoms with van der Waals surface area (Å²) in [5.41, 5.74) is 1.10. The molecular formula is C20H23N3O3. The monoisotopic (exact) mass is 353 g/mol. The molecule has 4 rings (SSSR count). The lowest BCUT2D eigenvalue weighted by atomic mass is 9.73. The SMILES string of the molecule is CC(C)c1ncc(CN2C[C@@H]3c4ccccc4OC[C@]3(C(=O)O)C2)cn1. The maximum Gasteiger partial charge on any atom is 0.315 e. The van der Waals surface area contributed by atoms with E-state index >= 15 is 0 Å². The van der Waals surface area contributed by atoms with Crippen LogP contribution in [0.5, 0.6) is 5.75 Å². The fourth-order valence-corrected chi connectivity index (χ4v) is 4.06.